The van der Waals surface area contributed by atoms with E-state index >= 15 is 0 Å². The van der Waals surface area contributed by atoms with Crippen molar-refractivity contribution < 1.29 is 0 Å². The Morgan fingerprint density at radius 1 is 1.07 bits per heavy atom. The molecule has 1 radical (unpaired) electrons. The summed E-state index contributed by atoms with van der Waals surface area (Å²) in [6.45, 7) is 2.24. The van der Waals surface area contributed by atoms with Crippen LogP contribution in [0.15, 0.2) is 30.3 Å². The zero-order valence-electron chi connectivity index (χ0n) is 8.09. The second-order valence-corrected chi connectivity index (χ2v) is 3.55. The second-order valence-electron chi connectivity index (χ2n) is 3.55. The van der Waals surface area contributed by atoms with E-state index in [1.165, 1.54) is 36.3 Å². The topological polar surface area (TPSA) is 0 Å². The molecule has 0 amide bonds. The molecule has 0 N–H and O–H groups in total. The first kappa shape index (κ1) is 11.6. The molecular weight excluding hydrogens is 163 g/mol. The molecule has 69 valence electrons. The molecule has 0 fully saturated rings. The molecule has 0 aromatic heterocycles. The van der Waals surface area contributed by atoms with E-state index in [2.05, 4.69) is 43.3 Å². The van der Waals surface area contributed by atoms with Crippen LogP contribution in [0.4, 0.5) is 0 Å². The van der Waals surface area contributed by atoms with Gasteiger partial charge in [0.05, 0.1) is 0 Å². The van der Waals surface area contributed by atoms with E-state index in [9.17, 15) is 0 Å². The summed E-state index contributed by atoms with van der Waals surface area (Å²) in [5.41, 5.74) is 2.82. The van der Waals surface area contributed by atoms with E-state index in [1.807, 2.05) is 0 Å². The Morgan fingerprint density at radius 2 is 1.86 bits per heavy atom. The van der Waals surface area contributed by atoms with Crippen molar-refractivity contribution >= 4 is 24.9 Å². The Morgan fingerprint density at radius 3 is 2.64 bits per heavy atom. The van der Waals surface area contributed by atoms with Gasteiger partial charge in [-0.3, -0.25) is 0 Å². The van der Waals surface area contributed by atoms with Crippen LogP contribution in [0.25, 0.3) is 6.08 Å². The fourth-order valence-electron chi connectivity index (χ4n) is 1.80. The number of rotatable bonds is 3. The molecule has 0 saturated heterocycles. The molecule has 0 bridgehead atoms. The Kier molecular flexibility index (Phi) is 4.52. The van der Waals surface area contributed by atoms with Gasteiger partial charge in [-0.2, -0.15) is 0 Å². The summed E-state index contributed by atoms with van der Waals surface area (Å²) >= 11 is 0. The third kappa shape index (κ3) is 2.32. The van der Waals surface area contributed by atoms with Gasteiger partial charge in [-0.25, -0.2) is 0 Å². The summed E-state index contributed by atoms with van der Waals surface area (Å²) in [6.07, 6.45) is 8.29. The minimum absolute atomic E-state index is 0. The molecule has 0 atom stereocenters. The molecular formula is C13H16Li. The average molecular weight is 179 g/mol. The molecule has 0 heterocycles. The number of fused-ring (bicyclic) bond motifs is 1. The summed E-state index contributed by atoms with van der Waals surface area (Å²) in [6, 6.07) is 8.63. The standard InChI is InChI=1S/C13H15.Li.H/c1-2-3-6-11-9-10-12-7-4-5-8-13(11)12;;/h4-5,7-10H,2-3,6H2,1H3;;. The third-order valence-electron chi connectivity index (χ3n) is 2.57. The van der Waals surface area contributed by atoms with Crippen molar-refractivity contribution in [2.45, 2.75) is 26.2 Å². The molecule has 1 aliphatic carbocycles. The van der Waals surface area contributed by atoms with E-state index < -0.39 is 0 Å². The van der Waals surface area contributed by atoms with Gasteiger partial charge in [0.15, 0.2) is 0 Å². The van der Waals surface area contributed by atoms with Crippen molar-refractivity contribution in [3.63, 3.8) is 0 Å². The van der Waals surface area contributed by atoms with Crippen molar-refractivity contribution in [3.05, 3.63) is 47.4 Å². The van der Waals surface area contributed by atoms with Gasteiger partial charge in [0.1, 0.15) is 0 Å². The Labute approximate surface area is 98.6 Å². The number of hydrogen-bond donors (Lipinski definition) is 0. The van der Waals surface area contributed by atoms with Crippen molar-refractivity contribution in [2.24, 2.45) is 0 Å². The fourth-order valence-corrected chi connectivity index (χ4v) is 1.80. The molecule has 14 heavy (non-hydrogen) atoms. The van der Waals surface area contributed by atoms with Crippen molar-refractivity contribution in [3.8, 4) is 0 Å². The average Bonchev–Trinajstić information content (AvgIpc) is 2.58. The van der Waals surface area contributed by atoms with Crippen molar-refractivity contribution in [1.82, 2.24) is 0 Å². The number of allylic oxidation sites excluding steroid dienone is 1. The maximum atomic E-state index is 2.26. The van der Waals surface area contributed by atoms with Crippen LogP contribution in [0, 0.1) is 5.92 Å². The fraction of sp³-hybridized carbons (Fsp3) is 0.308. The van der Waals surface area contributed by atoms with Crippen LogP contribution in [-0.4, -0.2) is 18.9 Å². The van der Waals surface area contributed by atoms with Crippen LogP contribution in [-0.2, 0) is 0 Å². The summed E-state index contributed by atoms with van der Waals surface area (Å²) in [7, 11) is 0. The molecule has 0 unspecified atom stereocenters. The van der Waals surface area contributed by atoms with Gasteiger partial charge in [0.25, 0.3) is 0 Å². The van der Waals surface area contributed by atoms with Crippen LogP contribution >= 0.6 is 0 Å². The van der Waals surface area contributed by atoms with E-state index in [4.69, 9.17) is 0 Å². The van der Waals surface area contributed by atoms with Crippen LogP contribution in [0.2, 0.25) is 0 Å². The van der Waals surface area contributed by atoms with Gasteiger partial charge >= 0.3 is 18.9 Å². The monoisotopic (exact) mass is 179 g/mol. The van der Waals surface area contributed by atoms with Gasteiger partial charge in [0.2, 0.25) is 0 Å². The molecule has 2 rings (SSSR count). The van der Waals surface area contributed by atoms with Gasteiger partial charge in [-0.1, -0.05) is 56.2 Å². The second kappa shape index (κ2) is 5.44. The van der Waals surface area contributed by atoms with Gasteiger partial charge in [0, 0.05) is 5.92 Å². The summed E-state index contributed by atoms with van der Waals surface area (Å²) in [5.74, 6) is 1.51. The third-order valence-corrected chi connectivity index (χ3v) is 2.57. The molecule has 1 heteroatoms. The van der Waals surface area contributed by atoms with E-state index in [0.29, 0.717) is 0 Å². The molecule has 0 nitrogen and oxygen atoms in total. The van der Waals surface area contributed by atoms with Crippen LogP contribution in [0.3, 0.4) is 0 Å². The molecule has 1 aromatic rings. The summed E-state index contributed by atoms with van der Waals surface area (Å²) < 4.78 is 0. The van der Waals surface area contributed by atoms with E-state index in [-0.39, 0.29) is 18.9 Å². The SMILES string of the molecule is CCCC[C]1C=Cc2ccccc21.[LiH]. The minimum atomic E-state index is 0. The van der Waals surface area contributed by atoms with Crippen molar-refractivity contribution in [2.75, 3.05) is 0 Å². The Hall–Kier alpha value is -0.443. The molecule has 1 aliphatic rings. The Bertz CT molecular complexity index is 315. The van der Waals surface area contributed by atoms with Crippen LogP contribution in [0.5, 0.6) is 0 Å². The quantitative estimate of drug-likeness (QED) is 0.625. The Balaban J connectivity index is 0.000000980. The molecule has 0 spiro atoms. The molecule has 0 saturated carbocycles. The zero-order valence-corrected chi connectivity index (χ0v) is 8.09. The van der Waals surface area contributed by atoms with Crippen LogP contribution in [0.1, 0.15) is 37.3 Å². The van der Waals surface area contributed by atoms with Gasteiger partial charge in [-0.15, -0.1) is 0 Å². The number of benzene rings is 1. The molecule has 0 aliphatic heterocycles. The van der Waals surface area contributed by atoms with E-state index in [1.54, 1.807) is 0 Å². The first-order valence-corrected chi connectivity index (χ1v) is 5.05. The predicted octanol–water partition coefficient (Wildman–Crippen LogP) is 3.18. The number of hydrogen-bond acceptors (Lipinski definition) is 0. The van der Waals surface area contributed by atoms with E-state index in [0.717, 1.165) is 0 Å². The maximum absolute atomic E-state index is 2.26. The van der Waals surface area contributed by atoms with Gasteiger partial charge < -0.3 is 0 Å². The van der Waals surface area contributed by atoms with Crippen molar-refractivity contribution in [1.29, 1.82) is 0 Å². The summed E-state index contributed by atoms with van der Waals surface area (Å²) in [5, 5.41) is 0. The normalized spacial score (nSPS) is 13.8. The first-order valence-electron chi connectivity index (χ1n) is 5.05. The predicted molar refractivity (Wildman–Crippen MR) is 64.5 cm³/mol. The first-order chi connectivity index (χ1) is 6.42. The van der Waals surface area contributed by atoms with Gasteiger partial charge in [-0.05, 0) is 17.5 Å². The van der Waals surface area contributed by atoms with Crippen LogP contribution < -0.4 is 0 Å². The summed E-state index contributed by atoms with van der Waals surface area (Å²) in [4.78, 5) is 0. The zero-order chi connectivity index (χ0) is 9.10. The molecule has 1 aromatic carbocycles. The number of unbranched alkanes of at least 4 members (excludes halogenated alkanes) is 1.